The van der Waals surface area contributed by atoms with Crippen molar-refractivity contribution in [2.24, 2.45) is 5.92 Å². The van der Waals surface area contributed by atoms with Gasteiger partial charge in [-0.25, -0.2) is 4.98 Å². The molecule has 2 aromatic rings. The summed E-state index contributed by atoms with van der Waals surface area (Å²) in [6.45, 7) is 5.85. The first-order valence-corrected chi connectivity index (χ1v) is 7.11. The molecule has 20 heavy (non-hydrogen) atoms. The zero-order chi connectivity index (χ0) is 14.7. The second kappa shape index (κ2) is 6.18. The summed E-state index contributed by atoms with van der Waals surface area (Å²) < 4.78 is 1.78. The van der Waals surface area contributed by atoms with Crippen molar-refractivity contribution in [3.8, 4) is 0 Å². The molecule has 0 saturated carbocycles. The maximum Gasteiger partial charge on any atom is 0.252 e. The Bertz CT molecular complexity index is 644. The Morgan fingerprint density at radius 1 is 1.20 bits per heavy atom. The van der Waals surface area contributed by atoms with Gasteiger partial charge >= 0.3 is 0 Å². The lowest BCUT2D eigenvalue weighted by Crippen LogP contribution is -2.26. The van der Waals surface area contributed by atoms with E-state index in [-0.39, 0.29) is 5.56 Å². The molecule has 0 N–H and O–H groups in total. The molecular weight excluding hydrogens is 250 g/mol. The van der Waals surface area contributed by atoms with Crippen molar-refractivity contribution >= 4 is 11.0 Å². The summed E-state index contributed by atoms with van der Waals surface area (Å²) in [6.07, 6.45) is 0.937. The molecular formula is C16H23N3O. The van der Waals surface area contributed by atoms with Gasteiger partial charge in [-0.15, -0.1) is 0 Å². The molecule has 0 aliphatic heterocycles. The molecule has 0 fully saturated rings. The van der Waals surface area contributed by atoms with Crippen LogP contribution in [0.4, 0.5) is 0 Å². The Balaban J connectivity index is 2.47. The molecule has 4 heteroatoms. The number of pyridine rings is 2. The Labute approximate surface area is 120 Å². The van der Waals surface area contributed by atoms with Crippen molar-refractivity contribution in [2.45, 2.75) is 26.8 Å². The molecule has 2 aromatic heterocycles. The first-order valence-electron chi connectivity index (χ1n) is 7.11. The molecule has 0 aliphatic rings. The number of likely N-dealkylation sites (N-methyl/N-ethyl adjacent to an activating group) is 1. The van der Waals surface area contributed by atoms with Crippen LogP contribution in [0.5, 0.6) is 0 Å². The van der Waals surface area contributed by atoms with E-state index in [1.54, 1.807) is 10.6 Å². The van der Waals surface area contributed by atoms with Gasteiger partial charge in [-0.3, -0.25) is 9.36 Å². The molecule has 0 unspecified atom stereocenters. The van der Waals surface area contributed by atoms with Gasteiger partial charge in [0.05, 0.1) is 0 Å². The minimum Gasteiger partial charge on any atom is -0.308 e. The zero-order valence-electron chi connectivity index (χ0n) is 12.8. The maximum atomic E-state index is 12.1. The lowest BCUT2D eigenvalue weighted by atomic mass is 10.1. The van der Waals surface area contributed by atoms with Crippen molar-refractivity contribution in [3.63, 3.8) is 0 Å². The summed E-state index contributed by atoms with van der Waals surface area (Å²) >= 11 is 0. The van der Waals surface area contributed by atoms with Gasteiger partial charge in [0.25, 0.3) is 5.56 Å². The molecule has 0 spiro atoms. The summed E-state index contributed by atoms with van der Waals surface area (Å²) in [5, 5.41) is 1.02. The van der Waals surface area contributed by atoms with Gasteiger partial charge in [-0.05, 0) is 44.6 Å². The molecule has 108 valence electrons. The van der Waals surface area contributed by atoms with Crippen LogP contribution in [0.25, 0.3) is 11.0 Å². The number of aromatic nitrogens is 2. The van der Waals surface area contributed by atoms with E-state index in [2.05, 4.69) is 30.9 Å². The van der Waals surface area contributed by atoms with Crippen LogP contribution in [0, 0.1) is 5.92 Å². The number of hydrogen-bond acceptors (Lipinski definition) is 3. The Morgan fingerprint density at radius 2 is 1.90 bits per heavy atom. The van der Waals surface area contributed by atoms with E-state index in [1.807, 2.05) is 20.2 Å². The Kier molecular flexibility index (Phi) is 4.55. The van der Waals surface area contributed by atoms with E-state index in [9.17, 15) is 4.79 Å². The van der Waals surface area contributed by atoms with Crippen LogP contribution in [0.15, 0.2) is 29.1 Å². The minimum absolute atomic E-state index is 0.0218. The van der Waals surface area contributed by atoms with Crippen molar-refractivity contribution < 1.29 is 0 Å². The first kappa shape index (κ1) is 14.7. The fraction of sp³-hybridized carbons (Fsp3) is 0.500. The molecule has 0 saturated heterocycles. The van der Waals surface area contributed by atoms with Gasteiger partial charge in [0.1, 0.15) is 5.65 Å². The van der Waals surface area contributed by atoms with Crippen molar-refractivity contribution in [3.05, 3.63) is 40.3 Å². The summed E-state index contributed by atoms with van der Waals surface area (Å²) in [4.78, 5) is 18.9. The smallest absolute Gasteiger partial charge is 0.252 e. The standard InChI is InChI=1S/C16H23N3O/c1-12(2)11-14-7-5-13-6-8-15(20)19(16(13)17-14)10-9-18(3)4/h5-8,12H,9-11H2,1-4H3. The third kappa shape index (κ3) is 3.45. The van der Waals surface area contributed by atoms with Crippen LogP contribution in [0.3, 0.4) is 0 Å². The van der Waals surface area contributed by atoms with Crippen LogP contribution in [0.2, 0.25) is 0 Å². The van der Waals surface area contributed by atoms with Crippen LogP contribution >= 0.6 is 0 Å². The van der Waals surface area contributed by atoms with Gasteiger partial charge in [0.2, 0.25) is 0 Å². The quantitative estimate of drug-likeness (QED) is 0.838. The number of hydrogen-bond donors (Lipinski definition) is 0. The van der Waals surface area contributed by atoms with Crippen molar-refractivity contribution in [1.29, 1.82) is 0 Å². The van der Waals surface area contributed by atoms with Crippen molar-refractivity contribution in [2.75, 3.05) is 20.6 Å². The topological polar surface area (TPSA) is 38.1 Å². The predicted octanol–water partition coefficient (Wildman–Crippen LogP) is 2.16. The third-order valence-electron chi connectivity index (χ3n) is 3.28. The summed E-state index contributed by atoms with van der Waals surface area (Å²) in [7, 11) is 4.02. The highest BCUT2D eigenvalue weighted by molar-refractivity contribution is 5.75. The maximum absolute atomic E-state index is 12.1. The molecule has 0 aliphatic carbocycles. The molecule has 0 aromatic carbocycles. The summed E-state index contributed by atoms with van der Waals surface area (Å²) in [5.41, 5.74) is 1.88. The van der Waals surface area contributed by atoms with E-state index in [1.165, 1.54) is 0 Å². The number of nitrogens with zero attached hydrogens (tertiary/aromatic N) is 3. The fourth-order valence-corrected chi connectivity index (χ4v) is 2.25. The normalized spacial score (nSPS) is 11.7. The van der Waals surface area contributed by atoms with Crippen LogP contribution in [-0.4, -0.2) is 35.1 Å². The van der Waals surface area contributed by atoms with E-state index < -0.39 is 0 Å². The van der Waals surface area contributed by atoms with Gasteiger partial charge in [0.15, 0.2) is 0 Å². The molecule has 4 nitrogen and oxygen atoms in total. The molecule has 2 rings (SSSR count). The average molecular weight is 273 g/mol. The highest BCUT2D eigenvalue weighted by Gasteiger charge is 2.07. The molecule has 0 radical (unpaired) electrons. The van der Waals surface area contributed by atoms with Gasteiger partial charge in [0, 0.05) is 30.2 Å². The molecule has 0 bridgehead atoms. The first-order chi connectivity index (χ1) is 9.47. The van der Waals surface area contributed by atoms with Gasteiger partial charge < -0.3 is 4.90 Å². The fourth-order valence-electron chi connectivity index (χ4n) is 2.25. The average Bonchev–Trinajstić information content (AvgIpc) is 2.36. The second-order valence-electron chi connectivity index (χ2n) is 5.94. The minimum atomic E-state index is 0.0218. The molecule has 0 amide bonds. The Hall–Kier alpha value is -1.68. The SMILES string of the molecule is CC(C)Cc1ccc2ccc(=O)n(CCN(C)C)c2n1. The number of rotatable bonds is 5. The van der Waals surface area contributed by atoms with Crippen LogP contribution < -0.4 is 5.56 Å². The monoisotopic (exact) mass is 273 g/mol. The van der Waals surface area contributed by atoms with Gasteiger partial charge in [-0.2, -0.15) is 0 Å². The number of fused-ring (bicyclic) bond motifs is 1. The lowest BCUT2D eigenvalue weighted by Gasteiger charge is -2.14. The zero-order valence-corrected chi connectivity index (χ0v) is 12.8. The predicted molar refractivity (Wildman–Crippen MR) is 83.1 cm³/mol. The highest BCUT2D eigenvalue weighted by atomic mass is 16.1. The van der Waals surface area contributed by atoms with E-state index in [4.69, 9.17) is 4.98 Å². The van der Waals surface area contributed by atoms with Gasteiger partial charge in [-0.1, -0.05) is 13.8 Å². The lowest BCUT2D eigenvalue weighted by molar-refractivity contribution is 0.383. The third-order valence-corrected chi connectivity index (χ3v) is 3.28. The summed E-state index contributed by atoms with van der Waals surface area (Å²) in [6, 6.07) is 7.60. The van der Waals surface area contributed by atoms with E-state index in [0.29, 0.717) is 12.5 Å². The Morgan fingerprint density at radius 3 is 2.55 bits per heavy atom. The van der Waals surface area contributed by atoms with Crippen molar-refractivity contribution in [1.82, 2.24) is 14.5 Å². The summed E-state index contributed by atoms with van der Waals surface area (Å²) in [5.74, 6) is 0.561. The molecule has 2 heterocycles. The van der Waals surface area contributed by atoms with E-state index in [0.717, 1.165) is 29.7 Å². The van der Waals surface area contributed by atoms with Crippen LogP contribution in [0.1, 0.15) is 19.5 Å². The second-order valence-corrected chi connectivity index (χ2v) is 5.94. The van der Waals surface area contributed by atoms with E-state index >= 15 is 0 Å². The van der Waals surface area contributed by atoms with Crippen LogP contribution in [-0.2, 0) is 13.0 Å². The largest absolute Gasteiger partial charge is 0.308 e. The molecule has 0 atom stereocenters. The highest BCUT2D eigenvalue weighted by Crippen LogP contribution is 2.13.